The molecule has 2 aromatic carbocycles. The van der Waals surface area contributed by atoms with Crippen LogP contribution in [-0.2, 0) is 14.3 Å². The number of nitrogens with one attached hydrogen (secondary N) is 1. The summed E-state index contributed by atoms with van der Waals surface area (Å²) in [6.45, 7) is 4.49. The first-order valence-electron chi connectivity index (χ1n) is 9.85. The number of fused-ring (bicyclic) bond motifs is 1. The van der Waals surface area contributed by atoms with E-state index >= 15 is 0 Å². The molecule has 8 nitrogen and oxygen atoms in total. The highest BCUT2D eigenvalue weighted by Crippen LogP contribution is 2.34. The first kappa shape index (κ1) is 20.0. The molecule has 0 radical (unpaired) electrons. The maximum absolute atomic E-state index is 12.9. The Morgan fingerprint density at radius 2 is 1.77 bits per heavy atom. The van der Waals surface area contributed by atoms with Crippen LogP contribution in [0.4, 0.5) is 11.4 Å². The molecule has 0 aliphatic carbocycles. The van der Waals surface area contributed by atoms with E-state index in [2.05, 4.69) is 10.2 Å². The number of carbonyl (C=O) groups excluding carboxylic acids is 2. The van der Waals surface area contributed by atoms with Crippen molar-refractivity contribution in [1.82, 2.24) is 0 Å². The van der Waals surface area contributed by atoms with Gasteiger partial charge >= 0.3 is 5.97 Å². The lowest BCUT2D eigenvalue weighted by Crippen LogP contribution is -2.46. The standard InChI is InChI=1S/C22H24N2O6/c1-14-20(30-19-6-4-3-5-18(19)29-14)21(25)23-17-8-7-15(13-16(17)22(26)27-2)24-9-11-28-12-10-24/h3-8,13-14,20H,9-12H2,1-2H3,(H,23,25). The van der Waals surface area contributed by atoms with Gasteiger partial charge in [-0.05, 0) is 37.3 Å². The van der Waals surface area contributed by atoms with Gasteiger partial charge in [0.05, 0.1) is 31.6 Å². The third kappa shape index (κ3) is 4.04. The van der Waals surface area contributed by atoms with E-state index in [1.807, 2.05) is 18.2 Å². The molecule has 1 amide bonds. The highest BCUT2D eigenvalue weighted by molar-refractivity contribution is 6.03. The molecule has 0 spiro atoms. The molecule has 30 heavy (non-hydrogen) atoms. The van der Waals surface area contributed by atoms with Gasteiger partial charge in [0, 0.05) is 18.8 Å². The summed E-state index contributed by atoms with van der Waals surface area (Å²) in [6, 6.07) is 12.5. The van der Waals surface area contributed by atoms with Crippen LogP contribution in [0.25, 0.3) is 0 Å². The molecule has 2 aromatic rings. The minimum atomic E-state index is -0.857. The Balaban J connectivity index is 1.56. The van der Waals surface area contributed by atoms with Crippen molar-refractivity contribution in [3.05, 3.63) is 48.0 Å². The van der Waals surface area contributed by atoms with Crippen molar-refractivity contribution in [2.24, 2.45) is 0 Å². The first-order valence-corrected chi connectivity index (χ1v) is 9.85. The lowest BCUT2D eigenvalue weighted by molar-refractivity contribution is -0.128. The fourth-order valence-corrected chi connectivity index (χ4v) is 3.55. The number of carbonyl (C=O) groups is 2. The van der Waals surface area contributed by atoms with Crippen LogP contribution in [-0.4, -0.2) is 57.5 Å². The molecule has 2 atom stereocenters. The van der Waals surface area contributed by atoms with E-state index in [0.29, 0.717) is 30.4 Å². The molecule has 0 aromatic heterocycles. The summed E-state index contributed by atoms with van der Waals surface area (Å²) in [5.41, 5.74) is 1.51. The van der Waals surface area contributed by atoms with Gasteiger partial charge in [-0.15, -0.1) is 0 Å². The van der Waals surface area contributed by atoms with Crippen LogP contribution < -0.4 is 19.7 Å². The Bertz CT molecular complexity index is 941. The molecule has 158 valence electrons. The van der Waals surface area contributed by atoms with Gasteiger partial charge in [-0.25, -0.2) is 4.79 Å². The number of ether oxygens (including phenoxy) is 4. The third-order valence-corrected chi connectivity index (χ3v) is 5.14. The molecule has 0 bridgehead atoms. The van der Waals surface area contributed by atoms with Gasteiger partial charge in [-0.2, -0.15) is 0 Å². The average Bonchev–Trinajstić information content (AvgIpc) is 2.78. The second-order valence-electron chi connectivity index (χ2n) is 7.12. The van der Waals surface area contributed by atoms with E-state index in [0.717, 1.165) is 18.8 Å². The second kappa shape index (κ2) is 8.62. The highest BCUT2D eigenvalue weighted by atomic mass is 16.6. The molecule has 2 heterocycles. The predicted octanol–water partition coefficient (Wildman–Crippen LogP) is 2.48. The van der Waals surface area contributed by atoms with Gasteiger partial charge in [0.1, 0.15) is 6.10 Å². The first-order chi connectivity index (χ1) is 14.6. The largest absolute Gasteiger partial charge is 0.482 e. The fraction of sp³-hybridized carbons (Fsp3) is 0.364. The average molecular weight is 412 g/mol. The third-order valence-electron chi connectivity index (χ3n) is 5.14. The molecule has 4 rings (SSSR count). The lowest BCUT2D eigenvalue weighted by atomic mass is 10.1. The Hall–Kier alpha value is -3.26. The summed E-state index contributed by atoms with van der Waals surface area (Å²) in [4.78, 5) is 27.4. The zero-order chi connectivity index (χ0) is 21.1. The molecular weight excluding hydrogens is 388 g/mol. The van der Waals surface area contributed by atoms with Crippen molar-refractivity contribution in [1.29, 1.82) is 0 Å². The number of rotatable bonds is 4. The van der Waals surface area contributed by atoms with Crippen LogP contribution in [0.15, 0.2) is 42.5 Å². The van der Waals surface area contributed by atoms with Crippen LogP contribution >= 0.6 is 0 Å². The van der Waals surface area contributed by atoms with Gasteiger partial charge in [0.15, 0.2) is 11.5 Å². The number of benzene rings is 2. The summed E-state index contributed by atoms with van der Waals surface area (Å²) in [5, 5.41) is 2.80. The van der Waals surface area contributed by atoms with Gasteiger partial charge in [0.2, 0.25) is 6.10 Å². The minimum Gasteiger partial charge on any atom is -0.482 e. The Kier molecular flexibility index (Phi) is 5.76. The van der Waals surface area contributed by atoms with Crippen molar-refractivity contribution >= 4 is 23.3 Å². The number of esters is 1. The molecule has 1 N–H and O–H groups in total. The number of methoxy groups -OCH3 is 1. The molecule has 1 saturated heterocycles. The van der Waals surface area contributed by atoms with Crippen molar-refractivity contribution in [2.75, 3.05) is 43.6 Å². The molecule has 8 heteroatoms. The van der Waals surface area contributed by atoms with E-state index in [1.165, 1.54) is 7.11 Å². The van der Waals surface area contributed by atoms with Crippen LogP contribution in [0.2, 0.25) is 0 Å². The monoisotopic (exact) mass is 412 g/mol. The van der Waals surface area contributed by atoms with E-state index < -0.39 is 24.1 Å². The molecule has 0 saturated carbocycles. The van der Waals surface area contributed by atoms with Crippen LogP contribution in [0.5, 0.6) is 11.5 Å². The zero-order valence-corrected chi connectivity index (χ0v) is 16.9. The van der Waals surface area contributed by atoms with E-state index in [1.54, 1.807) is 31.2 Å². The second-order valence-corrected chi connectivity index (χ2v) is 7.12. The lowest BCUT2D eigenvalue weighted by Gasteiger charge is -2.31. The predicted molar refractivity (Wildman–Crippen MR) is 110 cm³/mol. The maximum atomic E-state index is 12.9. The SMILES string of the molecule is COC(=O)c1cc(N2CCOCC2)ccc1NC(=O)C1Oc2ccccc2OC1C. The van der Waals surface area contributed by atoms with E-state index in [4.69, 9.17) is 18.9 Å². The fourth-order valence-electron chi connectivity index (χ4n) is 3.55. The molecule has 2 unspecified atom stereocenters. The van der Waals surface area contributed by atoms with Gasteiger partial charge < -0.3 is 29.2 Å². The highest BCUT2D eigenvalue weighted by Gasteiger charge is 2.34. The van der Waals surface area contributed by atoms with E-state index in [9.17, 15) is 9.59 Å². The smallest absolute Gasteiger partial charge is 0.340 e. The number of hydrogen-bond acceptors (Lipinski definition) is 7. The van der Waals surface area contributed by atoms with Gasteiger partial charge in [-0.3, -0.25) is 4.79 Å². The molecule has 2 aliphatic rings. The van der Waals surface area contributed by atoms with Crippen LogP contribution in [0.3, 0.4) is 0 Å². The Labute approximate surface area is 174 Å². The normalized spacial score (nSPS) is 20.4. The summed E-state index contributed by atoms with van der Waals surface area (Å²) in [7, 11) is 1.31. The number of hydrogen-bond donors (Lipinski definition) is 1. The Morgan fingerprint density at radius 3 is 2.47 bits per heavy atom. The van der Waals surface area contributed by atoms with Crippen LogP contribution in [0, 0.1) is 0 Å². The number of amides is 1. The quantitative estimate of drug-likeness (QED) is 0.772. The van der Waals surface area contributed by atoms with Crippen molar-refractivity contribution in [3.63, 3.8) is 0 Å². The number of para-hydroxylation sites is 2. The maximum Gasteiger partial charge on any atom is 0.340 e. The molecular formula is C22H24N2O6. The van der Waals surface area contributed by atoms with E-state index in [-0.39, 0.29) is 5.56 Å². The van der Waals surface area contributed by atoms with Crippen molar-refractivity contribution < 1.29 is 28.5 Å². The van der Waals surface area contributed by atoms with Gasteiger partial charge in [-0.1, -0.05) is 12.1 Å². The summed E-state index contributed by atoms with van der Waals surface area (Å²) >= 11 is 0. The summed E-state index contributed by atoms with van der Waals surface area (Å²) in [6.07, 6.45) is -1.35. The summed E-state index contributed by atoms with van der Waals surface area (Å²) in [5.74, 6) is 0.173. The number of nitrogens with zero attached hydrogens (tertiary/aromatic N) is 1. The zero-order valence-electron chi connectivity index (χ0n) is 16.9. The minimum absolute atomic E-state index is 0.277. The molecule has 2 aliphatic heterocycles. The number of anilines is 2. The van der Waals surface area contributed by atoms with Crippen molar-refractivity contribution in [3.8, 4) is 11.5 Å². The number of morpholine rings is 1. The van der Waals surface area contributed by atoms with Crippen molar-refractivity contribution in [2.45, 2.75) is 19.1 Å². The topological polar surface area (TPSA) is 86.3 Å². The van der Waals surface area contributed by atoms with Crippen LogP contribution in [0.1, 0.15) is 17.3 Å². The van der Waals surface area contributed by atoms with Gasteiger partial charge in [0.25, 0.3) is 5.91 Å². The Morgan fingerprint density at radius 1 is 1.07 bits per heavy atom. The molecule has 1 fully saturated rings. The summed E-state index contributed by atoms with van der Waals surface area (Å²) < 4.78 is 22.0.